The van der Waals surface area contributed by atoms with Crippen molar-refractivity contribution < 1.29 is 0 Å². The smallest absolute Gasteiger partial charge is 0.223 e. The molecule has 0 aliphatic heterocycles. The van der Waals surface area contributed by atoms with Crippen LogP contribution in [0.3, 0.4) is 0 Å². The third kappa shape index (κ3) is 2.57. The molecule has 2 rings (SSSR count). The Balaban J connectivity index is 2.08. The molecule has 0 aliphatic rings. The second-order valence-corrected chi connectivity index (χ2v) is 3.86. The summed E-state index contributed by atoms with van der Waals surface area (Å²) < 4.78 is 0. The Labute approximate surface area is 95.6 Å². The topological polar surface area (TPSA) is 37.8 Å². The predicted octanol–water partition coefficient (Wildman–Crippen LogP) is 2.96. The van der Waals surface area contributed by atoms with E-state index in [9.17, 15) is 0 Å². The lowest BCUT2D eigenvalue weighted by molar-refractivity contribution is 0.859. The molecule has 1 atom stereocenters. The van der Waals surface area contributed by atoms with Gasteiger partial charge in [-0.3, -0.25) is 0 Å². The number of nitrogens with zero attached hydrogens (tertiary/aromatic N) is 2. The maximum Gasteiger partial charge on any atom is 0.223 e. The van der Waals surface area contributed by atoms with Gasteiger partial charge < -0.3 is 5.32 Å². The van der Waals surface area contributed by atoms with E-state index in [1.54, 1.807) is 0 Å². The molecule has 0 amide bonds. The van der Waals surface area contributed by atoms with Crippen molar-refractivity contribution >= 4 is 5.95 Å². The first kappa shape index (κ1) is 10.6. The van der Waals surface area contributed by atoms with Crippen molar-refractivity contribution in [2.75, 3.05) is 5.32 Å². The highest BCUT2D eigenvalue weighted by molar-refractivity contribution is 5.31. The van der Waals surface area contributed by atoms with E-state index in [0.29, 0.717) is 5.95 Å². The van der Waals surface area contributed by atoms with Crippen LogP contribution >= 0.6 is 0 Å². The van der Waals surface area contributed by atoms with Crippen LogP contribution < -0.4 is 5.32 Å². The summed E-state index contributed by atoms with van der Waals surface area (Å²) in [6, 6.07) is 10.5. The maximum atomic E-state index is 4.22. The highest BCUT2D eigenvalue weighted by Gasteiger charge is 2.05. The molecule has 2 aromatic rings. The van der Waals surface area contributed by atoms with Crippen molar-refractivity contribution in [3.8, 4) is 0 Å². The second-order valence-electron chi connectivity index (χ2n) is 3.86. The zero-order chi connectivity index (χ0) is 11.4. The van der Waals surface area contributed by atoms with Gasteiger partial charge in [0.15, 0.2) is 0 Å². The first-order valence-electron chi connectivity index (χ1n) is 5.36. The van der Waals surface area contributed by atoms with E-state index in [4.69, 9.17) is 0 Å². The summed E-state index contributed by atoms with van der Waals surface area (Å²) in [6.45, 7) is 4.07. The van der Waals surface area contributed by atoms with E-state index in [1.807, 2.05) is 37.5 Å². The molecular weight excluding hydrogens is 198 g/mol. The minimum Gasteiger partial charge on any atom is -0.348 e. The van der Waals surface area contributed by atoms with Crippen LogP contribution in [0.1, 0.15) is 24.1 Å². The molecule has 0 saturated heterocycles. The van der Waals surface area contributed by atoms with Crippen molar-refractivity contribution in [2.45, 2.75) is 19.9 Å². The molecular formula is C13H15N3. The molecule has 1 heterocycles. The first-order valence-corrected chi connectivity index (χ1v) is 5.36. The van der Waals surface area contributed by atoms with Crippen molar-refractivity contribution in [2.24, 2.45) is 0 Å². The first-order chi connectivity index (χ1) is 7.75. The van der Waals surface area contributed by atoms with Gasteiger partial charge in [0, 0.05) is 12.4 Å². The van der Waals surface area contributed by atoms with Crippen LogP contribution in [-0.2, 0) is 0 Å². The minimum atomic E-state index is 0.212. The standard InChI is InChI=1S/C13H15N3/c1-10-8-14-13(15-9-10)16-11(2)12-6-4-3-5-7-12/h3-9,11H,1-2H3,(H,14,15,16)/t11-/m1/s1. The second kappa shape index (κ2) is 4.75. The van der Waals surface area contributed by atoms with Crippen LogP contribution in [-0.4, -0.2) is 9.97 Å². The number of hydrogen-bond donors (Lipinski definition) is 1. The van der Waals surface area contributed by atoms with Crippen molar-refractivity contribution in [1.29, 1.82) is 0 Å². The molecule has 0 fully saturated rings. The molecule has 0 aliphatic carbocycles. The van der Waals surface area contributed by atoms with Gasteiger partial charge in [0.25, 0.3) is 0 Å². The zero-order valence-electron chi connectivity index (χ0n) is 9.51. The average molecular weight is 213 g/mol. The minimum absolute atomic E-state index is 0.212. The van der Waals surface area contributed by atoms with Crippen molar-refractivity contribution in [1.82, 2.24) is 9.97 Å². The number of hydrogen-bond acceptors (Lipinski definition) is 3. The molecule has 0 saturated carbocycles. The summed E-state index contributed by atoms with van der Waals surface area (Å²) >= 11 is 0. The molecule has 82 valence electrons. The van der Waals surface area contributed by atoms with Crippen molar-refractivity contribution in [3.63, 3.8) is 0 Å². The molecule has 1 aromatic carbocycles. The van der Waals surface area contributed by atoms with Gasteiger partial charge in [0.1, 0.15) is 0 Å². The zero-order valence-corrected chi connectivity index (χ0v) is 9.51. The third-order valence-electron chi connectivity index (χ3n) is 2.43. The normalized spacial score (nSPS) is 12.1. The Morgan fingerprint density at radius 1 is 1.06 bits per heavy atom. The van der Waals surface area contributed by atoms with Gasteiger partial charge in [-0.1, -0.05) is 30.3 Å². The highest BCUT2D eigenvalue weighted by Crippen LogP contribution is 2.15. The number of aryl methyl sites for hydroxylation is 1. The highest BCUT2D eigenvalue weighted by atomic mass is 15.1. The number of nitrogens with one attached hydrogen (secondary N) is 1. The number of anilines is 1. The summed E-state index contributed by atoms with van der Waals surface area (Å²) in [5, 5.41) is 3.26. The van der Waals surface area contributed by atoms with E-state index in [2.05, 4.69) is 34.3 Å². The van der Waals surface area contributed by atoms with Gasteiger partial charge in [0.2, 0.25) is 5.95 Å². The maximum absolute atomic E-state index is 4.22. The predicted molar refractivity (Wildman–Crippen MR) is 65.2 cm³/mol. The fourth-order valence-corrected chi connectivity index (χ4v) is 1.49. The molecule has 1 N–H and O–H groups in total. The van der Waals surface area contributed by atoms with E-state index in [1.165, 1.54) is 5.56 Å². The van der Waals surface area contributed by atoms with Crippen LogP contribution in [0.4, 0.5) is 5.95 Å². The molecule has 0 unspecified atom stereocenters. The fraction of sp³-hybridized carbons (Fsp3) is 0.231. The van der Waals surface area contributed by atoms with Gasteiger partial charge in [-0.25, -0.2) is 9.97 Å². The largest absolute Gasteiger partial charge is 0.348 e. The third-order valence-corrected chi connectivity index (χ3v) is 2.43. The Bertz CT molecular complexity index is 436. The summed E-state index contributed by atoms with van der Waals surface area (Å²) in [7, 11) is 0. The van der Waals surface area contributed by atoms with Gasteiger partial charge in [-0.05, 0) is 25.0 Å². The Hall–Kier alpha value is -1.90. The Morgan fingerprint density at radius 3 is 2.31 bits per heavy atom. The average Bonchev–Trinajstić information content (AvgIpc) is 2.33. The van der Waals surface area contributed by atoms with E-state index >= 15 is 0 Å². The molecule has 3 heteroatoms. The number of aromatic nitrogens is 2. The summed E-state index contributed by atoms with van der Waals surface area (Å²) in [5.74, 6) is 0.668. The molecule has 1 aromatic heterocycles. The van der Waals surface area contributed by atoms with Gasteiger partial charge in [-0.15, -0.1) is 0 Å². The summed E-state index contributed by atoms with van der Waals surface area (Å²) in [6.07, 6.45) is 3.63. The Kier molecular flexibility index (Phi) is 3.15. The lowest BCUT2D eigenvalue weighted by atomic mass is 10.1. The molecule has 0 spiro atoms. The van der Waals surface area contributed by atoms with Gasteiger partial charge in [0.05, 0.1) is 6.04 Å². The van der Waals surface area contributed by atoms with Gasteiger partial charge >= 0.3 is 0 Å². The monoisotopic (exact) mass is 213 g/mol. The van der Waals surface area contributed by atoms with Crippen LogP contribution in [0.2, 0.25) is 0 Å². The van der Waals surface area contributed by atoms with E-state index < -0.39 is 0 Å². The lowest BCUT2D eigenvalue weighted by Gasteiger charge is -2.13. The lowest BCUT2D eigenvalue weighted by Crippen LogP contribution is -2.09. The van der Waals surface area contributed by atoms with Crippen LogP contribution in [0, 0.1) is 6.92 Å². The summed E-state index contributed by atoms with van der Waals surface area (Å²) in [5.41, 5.74) is 2.30. The number of rotatable bonds is 3. The molecule has 0 radical (unpaired) electrons. The van der Waals surface area contributed by atoms with Crippen molar-refractivity contribution in [3.05, 3.63) is 53.9 Å². The van der Waals surface area contributed by atoms with Crippen LogP contribution in [0.25, 0.3) is 0 Å². The quantitative estimate of drug-likeness (QED) is 0.851. The SMILES string of the molecule is Cc1cnc(N[C@H](C)c2ccccc2)nc1. The fourth-order valence-electron chi connectivity index (χ4n) is 1.49. The molecule has 0 bridgehead atoms. The summed E-state index contributed by atoms with van der Waals surface area (Å²) in [4.78, 5) is 8.44. The van der Waals surface area contributed by atoms with Gasteiger partial charge in [-0.2, -0.15) is 0 Å². The Morgan fingerprint density at radius 2 is 1.69 bits per heavy atom. The van der Waals surface area contributed by atoms with Crippen LogP contribution in [0.15, 0.2) is 42.7 Å². The van der Waals surface area contributed by atoms with Crippen LogP contribution in [0.5, 0.6) is 0 Å². The van der Waals surface area contributed by atoms with E-state index in [-0.39, 0.29) is 6.04 Å². The number of benzene rings is 1. The molecule has 3 nitrogen and oxygen atoms in total. The van der Waals surface area contributed by atoms with E-state index in [0.717, 1.165) is 5.56 Å². The molecule has 16 heavy (non-hydrogen) atoms.